The Morgan fingerprint density at radius 1 is 0.244 bits per heavy atom. The zero-order chi connectivity index (χ0) is 56.4. The Morgan fingerprint density at radius 3 is 0.654 bits per heavy atom. The summed E-state index contributed by atoms with van der Waals surface area (Å²) >= 11 is 0. The van der Waals surface area contributed by atoms with Crippen molar-refractivity contribution in [1.82, 2.24) is 0 Å². The first-order chi connectivity index (χ1) is 38.5. The fraction of sp³-hybridized carbons (Fsp3) is 0.903. The van der Waals surface area contributed by atoms with Crippen LogP contribution in [0.1, 0.15) is 400 Å². The van der Waals surface area contributed by atoms with Gasteiger partial charge in [-0.2, -0.15) is 0 Å². The molecule has 6 heteroatoms. The van der Waals surface area contributed by atoms with E-state index in [4.69, 9.17) is 14.2 Å². The number of hydrogen-bond donors (Lipinski definition) is 0. The van der Waals surface area contributed by atoms with Crippen molar-refractivity contribution in [2.24, 2.45) is 0 Å². The van der Waals surface area contributed by atoms with Gasteiger partial charge in [0.05, 0.1) is 0 Å². The Morgan fingerprint density at radius 2 is 0.423 bits per heavy atom. The molecule has 460 valence electrons. The number of carbonyl (C=O) groups excluding carboxylic acids is 3. The Balaban J connectivity index is 4.14. The lowest BCUT2D eigenvalue weighted by Crippen LogP contribution is -2.30. The van der Waals surface area contributed by atoms with Crippen molar-refractivity contribution in [3.05, 3.63) is 24.3 Å². The Hall–Kier alpha value is -2.11. The van der Waals surface area contributed by atoms with Gasteiger partial charge < -0.3 is 14.2 Å². The molecule has 0 saturated carbocycles. The van der Waals surface area contributed by atoms with Gasteiger partial charge in [-0.1, -0.05) is 334 Å². The molecule has 0 aliphatic rings. The molecule has 0 heterocycles. The van der Waals surface area contributed by atoms with Gasteiger partial charge in [-0.05, 0) is 70.6 Å². The summed E-state index contributed by atoms with van der Waals surface area (Å²) in [6, 6.07) is 0. The second-order valence-corrected chi connectivity index (χ2v) is 24.1. The number of esters is 3. The summed E-state index contributed by atoms with van der Waals surface area (Å²) in [4.78, 5) is 38.3. The van der Waals surface area contributed by atoms with Crippen LogP contribution >= 0.6 is 0 Å². The third-order valence-electron chi connectivity index (χ3n) is 16.2. The quantitative estimate of drug-likeness (QED) is 0.0261. The molecule has 0 aliphatic heterocycles. The Labute approximate surface area is 487 Å². The number of unbranched alkanes of at least 4 members (excludes halogenated alkanes) is 51. The van der Waals surface area contributed by atoms with E-state index in [1.165, 1.54) is 295 Å². The second kappa shape index (κ2) is 67.4. The second-order valence-electron chi connectivity index (χ2n) is 24.1. The maximum Gasteiger partial charge on any atom is 0.306 e. The molecular weight excluding hydrogens is 961 g/mol. The van der Waals surface area contributed by atoms with Gasteiger partial charge in [-0.25, -0.2) is 0 Å². The van der Waals surface area contributed by atoms with E-state index in [1.807, 2.05) is 0 Å². The van der Waals surface area contributed by atoms with Crippen molar-refractivity contribution in [2.75, 3.05) is 13.2 Å². The third kappa shape index (κ3) is 64.7. The lowest BCUT2D eigenvalue weighted by molar-refractivity contribution is -0.167. The van der Waals surface area contributed by atoms with Crippen LogP contribution in [0.15, 0.2) is 24.3 Å². The Bertz CT molecular complexity index is 1260. The number of rotatable bonds is 66. The lowest BCUT2D eigenvalue weighted by Gasteiger charge is -2.18. The van der Waals surface area contributed by atoms with Gasteiger partial charge in [0.1, 0.15) is 13.2 Å². The van der Waals surface area contributed by atoms with Crippen LogP contribution in [0.4, 0.5) is 0 Å². The van der Waals surface area contributed by atoms with E-state index in [9.17, 15) is 14.4 Å². The van der Waals surface area contributed by atoms with E-state index in [0.717, 1.165) is 64.2 Å². The summed E-state index contributed by atoms with van der Waals surface area (Å²) < 4.78 is 17.0. The summed E-state index contributed by atoms with van der Waals surface area (Å²) in [5.41, 5.74) is 0. The third-order valence-corrected chi connectivity index (χ3v) is 16.2. The maximum absolute atomic E-state index is 12.9. The van der Waals surface area contributed by atoms with Gasteiger partial charge in [0.2, 0.25) is 0 Å². The van der Waals surface area contributed by atoms with E-state index < -0.39 is 6.10 Å². The van der Waals surface area contributed by atoms with Gasteiger partial charge in [0.25, 0.3) is 0 Å². The normalized spacial score (nSPS) is 12.1. The van der Waals surface area contributed by atoms with Crippen molar-refractivity contribution in [3.63, 3.8) is 0 Å². The number of allylic oxidation sites excluding steroid dienone is 4. The highest BCUT2D eigenvalue weighted by atomic mass is 16.6. The highest BCUT2D eigenvalue weighted by Crippen LogP contribution is 2.19. The van der Waals surface area contributed by atoms with Crippen LogP contribution in [0, 0.1) is 0 Å². The first kappa shape index (κ1) is 75.9. The molecule has 0 aliphatic carbocycles. The molecular formula is C72H136O6. The maximum atomic E-state index is 12.9. The highest BCUT2D eigenvalue weighted by molar-refractivity contribution is 5.71. The first-order valence-electron chi connectivity index (χ1n) is 35.3. The summed E-state index contributed by atoms with van der Waals surface area (Å²) in [6.45, 7) is 6.68. The molecule has 0 N–H and O–H groups in total. The first-order valence-corrected chi connectivity index (χ1v) is 35.3. The van der Waals surface area contributed by atoms with Crippen LogP contribution in [0.25, 0.3) is 0 Å². The van der Waals surface area contributed by atoms with Crippen molar-refractivity contribution in [2.45, 2.75) is 406 Å². The molecule has 0 radical (unpaired) electrons. The minimum atomic E-state index is -0.775. The largest absolute Gasteiger partial charge is 0.462 e. The molecule has 0 aromatic rings. The molecule has 0 fully saturated rings. The van der Waals surface area contributed by atoms with E-state index in [1.54, 1.807) is 0 Å². The molecule has 0 spiro atoms. The summed E-state index contributed by atoms with van der Waals surface area (Å²) in [7, 11) is 0. The Kier molecular flexibility index (Phi) is 65.6. The van der Waals surface area contributed by atoms with Crippen LogP contribution in [0.3, 0.4) is 0 Å². The minimum absolute atomic E-state index is 0.0706. The van der Waals surface area contributed by atoms with Crippen molar-refractivity contribution >= 4 is 17.9 Å². The molecule has 0 aromatic heterocycles. The van der Waals surface area contributed by atoms with E-state index in [-0.39, 0.29) is 31.1 Å². The molecule has 0 saturated heterocycles. The monoisotopic (exact) mass is 1100 g/mol. The van der Waals surface area contributed by atoms with Crippen molar-refractivity contribution in [1.29, 1.82) is 0 Å². The lowest BCUT2D eigenvalue weighted by atomic mass is 10.0. The fourth-order valence-electron chi connectivity index (χ4n) is 10.8. The highest BCUT2D eigenvalue weighted by Gasteiger charge is 2.19. The van der Waals surface area contributed by atoms with E-state index in [2.05, 4.69) is 45.1 Å². The number of ether oxygens (including phenoxy) is 3. The molecule has 6 nitrogen and oxygen atoms in total. The zero-order valence-corrected chi connectivity index (χ0v) is 53.0. The van der Waals surface area contributed by atoms with E-state index >= 15 is 0 Å². The molecule has 0 bridgehead atoms. The topological polar surface area (TPSA) is 78.9 Å². The average Bonchev–Trinajstić information content (AvgIpc) is 3.44. The van der Waals surface area contributed by atoms with Crippen LogP contribution in [-0.2, 0) is 28.6 Å². The van der Waals surface area contributed by atoms with Crippen molar-refractivity contribution in [3.8, 4) is 0 Å². The van der Waals surface area contributed by atoms with Gasteiger partial charge >= 0.3 is 17.9 Å². The van der Waals surface area contributed by atoms with Gasteiger partial charge in [0.15, 0.2) is 6.10 Å². The molecule has 78 heavy (non-hydrogen) atoms. The van der Waals surface area contributed by atoms with Crippen LogP contribution in [0.5, 0.6) is 0 Å². The average molecular weight is 1100 g/mol. The minimum Gasteiger partial charge on any atom is -0.462 e. The van der Waals surface area contributed by atoms with Gasteiger partial charge in [-0.15, -0.1) is 0 Å². The molecule has 0 amide bonds. The van der Waals surface area contributed by atoms with E-state index in [0.29, 0.717) is 19.3 Å². The van der Waals surface area contributed by atoms with Crippen LogP contribution < -0.4 is 0 Å². The fourth-order valence-corrected chi connectivity index (χ4v) is 10.8. The summed E-state index contributed by atoms with van der Waals surface area (Å²) in [5, 5.41) is 0. The zero-order valence-electron chi connectivity index (χ0n) is 53.0. The predicted octanol–water partition coefficient (Wildman–Crippen LogP) is 24.2. The predicted molar refractivity (Wildman–Crippen MR) is 340 cm³/mol. The number of hydrogen-bond acceptors (Lipinski definition) is 6. The molecule has 0 aromatic carbocycles. The summed E-state index contributed by atoms with van der Waals surface area (Å²) in [5.74, 6) is -0.856. The standard InChI is InChI=1S/C72H136O6/c1-4-7-10-13-16-19-22-25-27-29-30-31-32-33-34-35-36-37-38-39-40-41-43-44-47-50-53-56-59-62-65-71(74)77-68-69(67-76-70(73)64-61-58-55-52-49-46-24-21-18-15-12-9-6-3)78-72(75)66-63-60-57-54-51-48-45-42-28-26-23-20-17-14-11-8-5-2/h21,24,26,28,69H,4-20,22-23,25,27,29-68H2,1-3H3/b24-21-,28-26-. The van der Waals surface area contributed by atoms with Gasteiger partial charge in [-0.3, -0.25) is 14.4 Å². The smallest absolute Gasteiger partial charge is 0.306 e. The molecule has 1 unspecified atom stereocenters. The molecule has 0 rings (SSSR count). The van der Waals surface area contributed by atoms with Crippen LogP contribution in [-0.4, -0.2) is 37.2 Å². The van der Waals surface area contributed by atoms with Gasteiger partial charge in [0, 0.05) is 19.3 Å². The SMILES string of the molecule is CCCCCC/C=C\CCCCCCCC(=O)OCC(COC(=O)CCCCCCCCCCCCCCCCCCCCCCCCCCCCCCCC)OC(=O)CCCCCCCCC/C=C\CCCCCCCC. The van der Waals surface area contributed by atoms with Crippen LogP contribution in [0.2, 0.25) is 0 Å². The number of carbonyl (C=O) groups is 3. The van der Waals surface area contributed by atoms with Crippen molar-refractivity contribution < 1.29 is 28.6 Å². The molecule has 1 atom stereocenters. The summed E-state index contributed by atoms with van der Waals surface area (Å²) in [6.07, 6.45) is 82.2.